The third-order valence-corrected chi connectivity index (χ3v) is 5.26. The molecule has 31 heavy (non-hydrogen) atoms. The molecule has 0 aromatic heterocycles. The average Bonchev–Trinajstić information content (AvgIpc) is 2.72. The quantitative estimate of drug-likeness (QED) is 0.411. The van der Waals surface area contributed by atoms with Crippen molar-refractivity contribution in [2.75, 3.05) is 54.1 Å². The first-order valence-corrected chi connectivity index (χ1v) is 11.0. The molecule has 1 aliphatic heterocycles. The van der Waals surface area contributed by atoms with Crippen molar-refractivity contribution >= 4 is 12.0 Å². The van der Waals surface area contributed by atoms with Gasteiger partial charge in [0.15, 0.2) is 11.5 Å². The number of piperidine rings is 1. The van der Waals surface area contributed by atoms with Gasteiger partial charge >= 0.3 is 0 Å². The normalized spacial score (nSPS) is 15.8. The molecule has 1 aromatic carbocycles. The predicted octanol–water partition coefficient (Wildman–Crippen LogP) is 4.08. The van der Waals surface area contributed by atoms with E-state index in [1.165, 1.54) is 12.8 Å². The first-order valence-electron chi connectivity index (χ1n) is 11.0. The highest BCUT2D eigenvalue weighted by Gasteiger charge is 2.20. The average molecular weight is 431 g/mol. The molecule has 0 aliphatic carbocycles. The Morgan fingerprint density at radius 2 is 1.90 bits per heavy atom. The highest BCUT2D eigenvalue weighted by Crippen LogP contribution is 2.35. The summed E-state index contributed by atoms with van der Waals surface area (Å²) in [6, 6.07) is 5.65. The fourth-order valence-corrected chi connectivity index (χ4v) is 3.51. The minimum absolute atomic E-state index is 0.0696. The van der Waals surface area contributed by atoms with Crippen LogP contribution < -0.4 is 9.47 Å². The van der Waals surface area contributed by atoms with Gasteiger partial charge in [0.2, 0.25) is 0 Å². The van der Waals surface area contributed by atoms with Crippen LogP contribution in [0.5, 0.6) is 11.5 Å². The number of nitriles is 1. The van der Waals surface area contributed by atoms with E-state index in [1.807, 2.05) is 19.0 Å². The van der Waals surface area contributed by atoms with Crippen LogP contribution in [0.3, 0.4) is 0 Å². The zero-order valence-corrected chi connectivity index (χ0v) is 20.0. The van der Waals surface area contributed by atoms with E-state index in [9.17, 15) is 5.26 Å². The van der Waals surface area contributed by atoms with Gasteiger partial charge in [0.05, 0.1) is 43.5 Å². The van der Waals surface area contributed by atoms with Gasteiger partial charge in [0.1, 0.15) is 6.07 Å². The lowest BCUT2D eigenvalue weighted by atomic mass is 9.94. The Labute approximate surface area is 187 Å². The summed E-state index contributed by atoms with van der Waals surface area (Å²) < 4.78 is 17.3. The van der Waals surface area contributed by atoms with Crippen LogP contribution in [0.1, 0.15) is 45.6 Å². The van der Waals surface area contributed by atoms with Gasteiger partial charge < -0.3 is 24.0 Å². The molecule has 172 valence electrons. The van der Waals surface area contributed by atoms with E-state index in [-0.39, 0.29) is 5.60 Å². The molecule has 0 atom stereocenters. The van der Waals surface area contributed by atoms with Crippen LogP contribution in [-0.2, 0) is 4.74 Å². The lowest BCUT2D eigenvalue weighted by Gasteiger charge is -2.32. The van der Waals surface area contributed by atoms with E-state index < -0.39 is 0 Å². The summed E-state index contributed by atoms with van der Waals surface area (Å²) in [5.41, 5.74) is 0.975. The van der Waals surface area contributed by atoms with Crippen LogP contribution in [0.25, 0.3) is 0 Å². The maximum absolute atomic E-state index is 9.41. The van der Waals surface area contributed by atoms with Crippen LogP contribution in [0, 0.1) is 17.2 Å². The van der Waals surface area contributed by atoms with Gasteiger partial charge in [0, 0.05) is 32.8 Å². The van der Waals surface area contributed by atoms with Crippen molar-refractivity contribution < 1.29 is 14.2 Å². The molecule has 7 heteroatoms. The van der Waals surface area contributed by atoms with Gasteiger partial charge in [-0.05, 0) is 59.0 Å². The van der Waals surface area contributed by atoms with E-state index >= 15 is 0 Å². The maximum Gasteiger partial charge on any atom is 0.163 e. The Kier molecular flexibility index (Phi) is 9.60. The van der Waals surface area contributed by atoms with Crippen LogP contribution in [-0.4, -0.2) is 75.8 Å². The Hall–Kier alpha value is -2.30. The summed E-state index contributed by atoms with van der Waals surface area (Å²) in [6.07, 6.45) is 5.04. The number of ether oxygens (including phenoxy) is 3. The fourth-order valence-electron chi connectivity index (χ4n) is 3.51. The van der Waals surface area contributed by atoms with Gasteiger partial charge in [-0.2, -0.15) is 5.26 Å². The van der Waals surface area contributed by atoms with Crippen molar-refractivity contribution in [1.82, 2.24) is 9.80 Å². The van der Waals surface area contributed by atoms with Gasteiger partial charge in [0.25, 0.3) is 0 Å². The molecule has 0 spiro atoms. The maximum atomic E-state index is 9.41. The lowest BCUT2D eigenvalue weighted by molar-refractivity contribution is -0.0165. The van der Waals surface area contributed by atoms with Crippen molar-refractivity contribution in [3.05, 3.63) is 17.7 Å². The van der Waals surface area contributed by atoms with E-state index in [1.54, 1.807) is 25.6 Å². The van der Waals surface area contributed by atoms with Crippen LogP contribution >= 0.6 is 0 Å². The molecule has 0 saturated carbocycles. The van der Waals surface area contributed by atoms with Gasteiger partial charge in [-0.1, -0.05) is 0 Å². The number of aliphatic imine (C=N–C) groups is 1. The minimum Gasteiger partial charge on any atom is -0.493 e. The number of hydrogen-bond acceptors (Lipinski definition) is 6. The number of rotatable bonds is 10. The predicted molar refractivity (Wildman–Crippen MR) is 125 cm³/mol. The van der Waals surface area contributed by atoms with Crippen molar-refractivity contribution in [1.29, 1.82) is 5.26 Å². The van der Waals surface area contributed by atoms with Crippen molar-refractivity contribution in [2.24, 2.45) is 10.9 Å². The molecule has 7 nitrogen and oxygen atoms in total. The first kappa shape index (κ1) is 25.0. The molecule has 1 heterocycles. The molecule has 1 fully saturated rings. The van der Waals surface area contributed by atoms with Crippen LogP contribution in [0.15, 0.2) is 17.1 Å². The molecule has 0 amide bonds. The summed E-state index contributed by atoms with van der Waals surface area (Å²) in [5, 5.41) is 9.41. The number of hydrogen-bond donors (Lipinski definition) is 0. The van der Waals surface area contributed by atoms with Crippen LogP contribution in [0.2, 0.25) is 0 Å². The Morgan fingerprint density at radius 3 is 2.48 bits per heavy atom. The molecule has 0 N–H and O–H groups in total. The van der Waals surface area contributed by atoms with Gasteiger partial charge in [-0.15, -0.1) is 0 Å². The van der Waals surface area contributed by atoms with Gasteiger partial charge in [-0.3, -0.25) is 0 Å². The molecular weight excluding hydrogens is 392 g/mol. The molecular formula is C24H38N4O3. The topological polar surface area (TPSA) is 70.3 Å². The Balaban J connectivity index is 1.84. The Morgan fingerprint density at radius 1 is 1.19 bits per heavy atom. The standard InChI is InChI=1S/C24H38N4O3/c1-24(2,3)31-14-12-28-10-7-19(8-11-28)9-13-30-23-16-21(26-18-27(4)5)20(17-25)15-22(23)29-6/h15-16,18-19H,7-14H2,1-6H3. The number of methoxy groups -OCH3 is 1. The summed E-state index contributed by atoms with van der Waals surface area (Å²) in [6.45, 7) is 10.9. The largest absolute Gasteiger partial charge is 0.493 e. The van der Waals surface area contributed by atoms with E-state index in [0.29, 0.717) is 35.3 Å². The van der Waals surface area contributed by atoms with E-state index in [2.05, 4.69) is 36.7 Å². The molecule has 0 unspecified atom stereocenters. The monoisotopic (exact) mass is 430 g/mol. The molecule has 2 rings (SSSR count). The summed E-state index contributed by atoms with van der Waals surface area (Å²) in [7, 11) is 5.37. The highest BCUT2D eigenvalue weighted by atomic mass is 16.5. The fraction of sp³-hybridized carbons (Fsp3) is 0.667. The highest BCUT2D eigenvalue weighted by molar-refractivity contribution is 5.68. The third-order valence-electron chi connectivity index (χ3n) is 5.26. The number of likely N-dealkylation sites (tertiary alicyclic amines) is 1. The third kappa shape index (κ3) is 8.76. The van der Waals surface area contributed by atoms with Crippen LogP contribution in [0.4, 0.5) is 5.69 Å². The molecule has 0 bridgehead atoms. The molecule has 1 saturated heterocycles. The van der Waals surface area contributed by atoms with Gasteiger partial charge in [-0.25, -0.2) is 4.99 Å². The lowest BCUT2D eigenvalue weighted by Crippen LogP contribution is -2.37. The molecule has 1 aromatic rings. The van der Waals surface area contributed by atoms with Crippen molar-refractivity contribution in [3.63, 3.8) is 0 Å². The second-order valence-electron chi connectivity index (χ2n) is 9.22. The Bertz CT molecular complexity index is 757. The SMILES string of the molecule is COc1cc(C#N)c(N=CN(C)C)cc1OCCC1CCN(CCOC(C)(C)C)CC1. The minimum atomic E-state index is -0.0696. The van der Waals surface area contributed by atoms with E-state index in [4.69, 9.17) is 14.2 Å². The summed E-state index contributed by atoms with van der Waals surface area (Å²) >= 11 is 0. The van der Waals surface area contributed by atoms with E-state index in [0.717, 1.165) is 32.7 Å². The summed E-state index contributed by atoms with van der Waals surface area (Å²) in [4.78, 5) is 8.70. The second kappa shape index (κ2) is 11.9. The number of benzene rings is 1. The number of nitrogens with zero attached hydrogens (tertiary/aromatic N) is 4. The zero-order chi connectivity index (χ0) is 22.9. The van der Waals surface area contributed by atoms with Crippen molar-refractivity contribution in [2.45, 2.75) is 45.6 Å². The zero-order valence-electron chi connectivity index (χ0n) is 20.0. The molecule has 0 radical (unpaired) electrons. The molecule has 1 aliphatic rings. The smallest absolute Gasteiger partial charge is 0.163 e. The van der Waals surface area contributed by atoms with Crippen molar-refractivity contribution in [3.8, 4) is 17.6 Å². The first-order chi connectivity index (χ1) is 14.7. The second-order valence-corrected chi connectivity index (χ2v) is 9.22. The summed E-state index contributed by atoms with van der Waals surface area (Å²) in [5.74, 6) is 1.86.